The molecule has 0 aromatic heterocycles. The van der Waals surface area contributed by atoms with E-state index < -0.39 is 91.5 Å². The van der Waals surface area contributed by atoms with Crippen molar-refractivity contribution in [1.29, 1.82) is 0 Å². The Kier molecular flexibility index (Phi) is 95.0. The molecule has 5 unspecified atom stereocenters. The predicted octanol–water partition coefficient (Wildman–Crippen LogP) is 32.1. The van der Waals surface area contributed by atoms with Gasteiger partial charge < -0.3 is 34.2 Å². The zero-order valence-electron chi connectivity index (χ0n) is 80.4. The fourth-order valence-electron chi connectivity index (χ4n) is 13.8. The minimum absolute atomic E-state index is 0.0793. The largest absolute Gasteiger partial charge is 0.472 e. The van der Waals surface area contributed by atoms with Crippen molar-refractivity contribution in [1.82, 2.24) is 0 Å². The molecule has 0 aromatic rings. The van der Waals surface area contributed by atoms with E-state index >= 15 is 0 Å². The molecule has 0 bridgehead atoms. The van der Waals surface area contributed by atoms with E-state index in [-0.39, 0.29) is 19.3 Å². The van der Waals surface area contributed by atoms with Gasteiger partial charge in [0.25, 0.3) is 0 Å². The Morgan fingerprint density at radius 1 is 0.220 bits per heavy atom. The van der Waals surface area contributed by atoms with Gasteiger partial charge >= 0.3 is 33.6 Å². The minimum atomic E-state index is -4.95. The van der Waals surface area contributed by atoms with Gasteiger partial charge in [0.05, 0.1) is 26.4 Å². The summed E-state index contributed by atoms with van der Waals surface area (Å²) in [5, 5.41) is 20.8. The quantitative estimate of drug-likeness (QED) is 0.0146. The van der Waals surface area contributed by atoms with Crippen LogP contribution in [-0.4, -0.2) is 95.9 Å². The Morgan fingerprint density at radius 3 is 0.622 bits per heavy atom. The molecule has 4 N–H and O–H groups in total. The summed E-state index contributed by atoms with van der Waals surface area (Å²) >= 11 is 0. The van der Waals surface area contributed by atoms with Gasteiger partial charge in [-0.25, -0.2) is 9.13 Å². The summed E-state index contributed by atoms with van der Waals surface area (Å²) in [5.41, 5.74) is 0. The smallest absolute Gasteiger partial charge is 0.463 e. The highest BCUT2D eigenvalue weighted by molar-refractivity contribution is 7.47. The number of allylic oxidation sites excluding steroid dienone is 32. The van der Waals surface area contributed by atoms with Gasteiger partial charge in [-0.2, -0.15) is 0 Å². The third-order valence-corrected chi connectivity index (χ3v) is 23.2. The van der Waals surface area contributed by atoms with E-state index in [1.165, 1.54) is 186 Å². The van der Waals surface area contributed by atoms with E-state index in [2.05, 4.69) is 215 Å². The molecule has 127 heavy (non-hydrogen) atoms. The van der Waals surface area contributed by atoms with Gasteiger partial charge in [-0.05, 0) is 161 Å². The SMILES string of the molecule is CC/C=C\C/C=C\C/C=C\C/C=C\C/C=C\C/C=C\CCCCCCCCCCCCCCCCCCC(=O)OCC(O)COP(=O)(O)OCC(O)COP(=O)(O)OCC(COC(=O)CCCCCCCCCCCCCCCCCCCCC/C=C\C/C=C\C/C=C\C/C=C\C/C=C\CC)OC(=O)CCCCCCC/C=C\C/C=C\C/C=C\C/C=C\C/C=C\CC. The predicted molar refractivity (Wildman–Crippen MR) is 537 cm³/mol. The zero-order valence-corrected chi connectivity index (χ0v) is 82.2. The first kappa shape index (κ1) is 121. The van der Waals surface area contributed by atoms with Crippen molar-refractivity contribution >= 4 is 33.6 Å². The van der Waals surface area contributed by atoms with E-state index in [9.17, 15) is 43.5 Å². The first-order chi connectivity index (χ1) is 62.2. The van der Waals surface area contributed by atoms with Crippen LogP contribution in [0.1, 0.15) is 419 Å². The Balaban J connectivity index is 4.53. The average molecular weight is 1810 g/mol. The average Bonchev–Trinajstić information content (AvgIpc) is 0.893. The van der Waals surface area contributed by atoms with Crippen molar-refractivity contribution < 1.29 is 75.8 Å². The number of esters is 3. The lowest BCUT2D eigenvalue weighted by atomic mass is 10.0. The number of phosphoric ester groups is 2. The van der Waals surface area contributed by atoms with Crippen LogP contribution in [0.2, 0.25) is 0 Å². The molecule has 726 valence electrons. The van der Waals surface area contributed by atoms with Crippen LogP contribution >= 0.6 is 15.6 Å². The molecule has 0 aliphatic carbocycles. The summed E-state index contributed by atoms with van der Waals surface area (Å²) in [6, 6.07) is 0. The molecule has 0 aliphatic heterocycles. The van der Waals surface area contributed by atoms with E-state index in [0.29, 0.717) is 19.3 Å². The van der Waals surface area contributed by atoms with Crippen LogP contribution in [0, 0.1) is 0 Å². The topological polar surface area (TPSA) is 231 Å². The summed E-state index contributed by atoms with van der Waals surface area (Å²) in [6.45, 7) is 2.37. The fourth-order valence-corrected chi connectivity index (χ4v) is 15.3. The first-order valence-electron chi connectivity index (χ1n) is 50.7. The lowest BCUT2D eigenvalue weighted by molar-refractivity contribution is -0.161. The Labute approximate surface area is 776 Å². The second-order valence-electron chi connectivity index (χ2n) is 33.5. The van der Waals surface area contributed by atoms with Crippen LogP contribution in [0.15, 0.2) is 194 Å². The standard InChI is InChI=1S/C109H184O16P2/c1-4-7-10-13-16-19-22-25-28-31-34-37-39-41-43-45-47-49-51-53-55-57-59-61-63-66-68-71-74-77-80-83-86-89-92-95-107(112)119-98-104(110)99-121-126(115,116)122-100-105(111)101-123-127(117,118)124-103-106(125-109(114)97-94-91-88-85-82-79-76-73-70-65-36-33-30-27-24-21-18-15-12-9-6-3)102-120-108(113)96-93-90-87-84-81-78-75-72-69-67-64-62-60-58-56-54-52-50-48-46-44-42-40-38-35-32-29-26-23-20-17-14-11-8-5-2/h7-12,16-21,25-30,34-38,41-44,47,49,65,73,76,104-106,110-111H,4-6,13-15,22-24,31-33,39-40,45-46,48,50-64,66-72,74-75,77-103H2,1-3H3,(H,115,116)(H,117,118)/b10-7-,11-8-,12-9-,19-16-,20-17-,21-18-,28-25-,29-26-,30-27-,37-34-,38-35-,43-41-,44-42-,49-47-,65-36-,76-73-. The van der Waals surface area contributed by atoms with E-state index in [0.717, 1.165) is 173 Å². The van der Waals surface area contributed by atoms with Crippen molar-refractivity contribution in [3.63, 3.8) is 0 Å². The van der Waals surface area contributed by atoms with Gasteiger partial charge in [0, 0.05) is 19.3 Å². The van der Waals surface area contributed by atoms with Crippen LogP contribution in [0.25, 0.3) is 0 Å². The molecular formula is C109H184O16P2. The Morgan fingerprint density at radius 2 is 0.394 bits per heavy atom. The third-order valence-electron chi connectivity index (χ3n) is 21.3. The summed E-state index contributed by atoms with van der Waals surface area (Å²) in [5.74, 6) is -1.58. The van der Waals surface area contributed by atoms with Crippen molar-refractivity contribution in [3.8, 4) is 0 Å². The number of hydrogen-bond donors (Lipinski definition) is 4. The van der Waals surface area contributed by atoms with Gasteiger partial charge in [-0.15, -0.1) is 0 Å². The highest BCUT2D eigenvalue weighted by Crippen LogP contribution is 2.45. The van der Waals surface area contributed by atoms with Crippen LogP contribution < -0.4 is 0 Å². The number of carbonyl (C=O) groups is 3. The molecule has 0 saturated heterocycles. The van der Waals surface area contributed by atoms with Crippen LogP contribution in [0.5, 0.6) is 0 Å². The number of rotatable bonds is 95. The molecule has 0 rings (SSSR count). The van der Waals surface area contributed by atoms with Crippen molar-refractivity contribution in [3.05, 3.63) is 194 Å². The summed E-state index contributed by atoms with van der Waals surface area (Å²) in [7, 11) is -9.83. The molecule has 18 heteroatoms. The Hall–Kier alpha value is -5.61. The summed E-state index contributed by atoms with van der Waals surface area (Å²) in [6.07, 6.45) is 134. The van der Waals surface area contributed by atoms with Gasteiger partial charge in [0.1, 0.15) is 25.4 Å². The lowest BCUT2D eigenvalue weighted by Crippen LogP contribution is -2.30. The molecule has 0 heterocycles. The number of ether oxygens (including phenoxy) is 3. The molecular weight excluding hydrogens is 1630 g/mol. The van der Waals surface area contributed by atoms with E-state index in [1.54, 1.807) is 0 Å². The third kappa shape index (κ3) is 101. The van der Waals surface area contributed by atoms with E-state index in [1.807, 2.05) is 0 Å². The number of aliphatic hydroxyl groups is 2. The van der Waals surface area contributed by atoms with Crippen LogP contribution in [0.4, 0.5) is 0 Å². The fraction of sp³-hybridized carbons (Fsp3) is 0.679. The molecule has 0 amide bonds. The molecule has 0 aromatic carbocycles. The number of hydrogen-bond acceptors (Lipinski definition) is 14. The van der Waals surface area contributed by atoms with E-state index in [4.69, 9.17) is 32.3 Å². The molecule has 0 spiro atoms. The molecule has 16 nitrogen and oxygen atoms in total. The van der Waals surface area contributed by atoms with Gasteiger partial charge in [0.2, 0.25) is 0 Å². The summed E-state index contributed by atoms with van der Waals surface area (Å²) in [4.78, 5) is 59.1. The zero-order chi connectivity index (χ0) is 92.1. The molecule has 0 fully saturated rings. The van der Waals surface area contributed by atoms with Crippen molar-refractivity contribution in [2.75, 3.05) is 39.6 Å². The van der Waals surface area contributed by atoms with Crippen LogP contribution in [-0.2, 0) is 55.8 Å². The summed E-state index contributed by atoms with van der Waals surface area (Å²) < 4.78 is 61.6. The monoisotopic (exact) mass is 1810 g/mol. The highest BCUT2D eigenvalue weighted by Gasteiger charge is 2.30. The number of carbonyl (C=O) groups excluding carboxylic acids is 3. The molecule has 0 radical (unpaired) electrons. The maximum Gasteiger partial charge on any atom is 0.472 e. The van der Waals surface area contributed by atoms with Crippen molar-refractivity contribution in [2.24, 2.45) is 0 Å². The number of aliphatic hydroxyl groups excluding tert-OH is 2. The maximum atomic E-state index is 13.1. The lowest BCUT2D eigenvalue weighted by Gasteiger charge is -2.21. The van der Waals surface area contributed by atoms with Gasteiger partial charge in [-0.1, -0.05) is 434 Å². The van der Waals surface area contributed by atoms with Crippen LogP contribution in [0.3, 0.4) is 0 Å². The van der Waals surface area contributed by atoms with Gasteiger partial charge in [0.15, 0.2) is 6.10 Å². The highest BCUT2D eigenvalue weighted by atomic mass is 31.2. The number of unbranched alkanes of at least 4 members (excludes halogenated alkanes) is 40. The minimum Gasteiger partial charge on any atom is -0.463 e. The molecule has 5 atom stereocenters. The molecule has 0 saturated carbocycles. The van der Waals surface area contributed by atoms with Crippen molar-refractivity contribution in [2.45, 2.75) is 437 Å². The van der Waals surface area contributed by atoms with Gasteiger partial charge in [-0.3, -0.25) is 32.5 Å². The second kappa shape index (κ2) is 99.4. The maximum absolute atomic E-state index is 13.1. The molecule has 0 aliphatic rings. The Bertz CT molecular complexity index is 3090. The normalized spacial score (nSPS) is 14.5. The second-order valence-corrected chi connectivity index (χ2v) is 36.4. The number of phosphoric acid groups is 2. The first-order valence-corrected chi connectivity index (χ1v) is 53.7.